The molecule has 0 saturated carbocycles. The summed E-state index contributed by atoms with van der Waals surface area (Å²) in [5.74, 6) is 0. The summed E-state index contributed by atoms with van der Waals surface area (Å²) in [6, 6.07) is 0. The molecule has 0 aromatic heterocycles. The SMILES string of the molecule is CC(C)=C/C=C/C(C)=C/C=C/C(C)=C/C=C/C(C)=C/C=C/C=C(C)/C=C/C=C(C)/C=C/C=C(\C)CCCC(C)(C)O. The largest absolute Gasteiger partial charge is 0.390 e. The minimum atomic E-state index is -0.576. The monoisotopic (exact) mass is 552 g/mol. The van der Waals surface area contributed by atoms with Gasteiger partial charge in [-0.15, -0.1) is 0 Å². The summed E-state index contributed by atoms with van der Waals surface area (Å²) in [6.45, 7) is 20.6. The number of allylic oxidation sites excluding steroid dienone is 26. The average Bonchev–Trinajstić information content (AvgIpc) is 2.85. The Morgan fingerprint density at radius 1 is 0.463 bits per heavy atom. The fraction of sp³-hybridized carbons (Fsp3) is 0.350. The normalized spacial score (nSPS) is 15.8. The van der Waals surface area contributed by atoms with Crippen molar-refractivity contribution in [1.29, 1.82) is 0 Å². The Morgan fingerprint density at radius 3 is 1.12 bits per heavy atom. The van der Waals surface area contributed by atoms with Crippen molar-refractivity contribution in [2.45, 2.75) is 94.1 Å². The van der Waals surface area contributed by atoms with Crippen molar-refractivity contribution in [3.8, 4) is 0 Å². The fourth-order valence-electron chi connectivity index (χ4n) is 3.39. The second-order valence-corrected chi connectivity index (χ2v) is 11.7. The Kier molecular flexibility index (Phi) is 20.4. The van der Waals surface area contributed by atoms with Crippen molar-refractivity contribution >= 4 is 0 Å². The zero-order valence-electron chi connectivity index (χ0n) is 27.5. The molecule has 0 unspecified atom stereocenters. The first-order valence-electron chi connectivity index (χ1n) is 14.7. The maximum Gasteiger partial charge on any atom is 0.0591 e. The molecule has 0 aliphatic carbocycles. The van der Waals surface area contributed by atoms with Crippen molar-refractivity contribution in [3.05, 3.63) is 154 Å². The molecular weight excluding hydrogens is 496 g/mol. The topological polar surface area (TPSA) is 20.2 Å². The van der Waals surface area contributed by atoms with Gasteiger partial charge in [0.05, 0.1) is 5.60 Å². The standard InChI is InChI=1S/C40H56O/c1-33(2)19-13-22-36(5)25-16-28-37(6)26-14-23-34(3)20-11-12-21-35(4)24-15-27-38(7)29-17-30-39(8)31-18-32-40(9,10)41/h11-17,19-30,41H,18,31-32H2,1-10H3/b12-11+,22-13+,23-14+,24-15+,28-16+,29-17+,34-20+,35-21+,36-25+,37-26+,38-27+,39-30+. The third-order valence-electron chi connectivity index (χ3n) is 5.87. The van der Waals surface area contributed by atoms with Crippen molar-refractivity contribution in [3.63, 3.8) is 0 Å². The van der Waals surface area contributed by atoms with Gasteiger partial charge in [0.2, 0.25) is 0 Å². The van der Waals surface area contributed by atoms with Gasteiger partial charge in [-0.25, -0.2) is 0 Å². The quantitative estimate of drug-likeness (QED) is 0.189. The van der Waals surface area contributed by atoms with Crippen molar-refractivity contribution in [2.24, 2.45) is 0 Å². The van der Waals surface area contributed by atoms with Gasteiger partial charge < -0.3 is 5.11 Å². The smallest absolute Gasteiger partial charge is 0.0591 e. The van der Waals surface area contributed by atoms with Crippen molar-refractivity contribution in [1.82, 2.24) is 0 Å². The van der Waals surface area contributed by atoms with Crippen LogP contribution in [0.5, 0.6) is 0 Å². The van der Waals surface area contributed by atoms with Crippen LogP contribution in [0.1, 0.15) is 88.5 Å². The average molecular weight is 553 g/mol. The molecule has 0 aliphatic heterocycles. The molecule has 0 aromatic rings. The second-order valence-electron chi connectivity index (χ2n) is 11.7. The third kappa shape index (κ3) is 26.6. The molecule has 0 saturated heterocycles. The molecule has 1 nitrogen and oxygen atoms in total. The maximum absolute atomic E-state index is 9.81. The summed E-state index contributed by atoms with van der Waals surface area (Å²) in [5, 5.41) is 9.81. The molecule has 0 atom stereocenters. The summed E-state index contributed by atoms with van der Waals surface area (Å²) < 4.78 is 0. The zero-order valence-corrected chi connectivity index (χ0v) is 27.5. The van der Waals surface area contributed by atoms with Gasteiger partial charge in [-0.05, 0) is 88.5 Å². The molecule has 0 aromatic carbocycles. The van der Waals surface area contributed by atoms with E-state index < -0.39 is 5.60 Å². The van der Waals surface area contributed by atoms with Crippen LogP contribution in [0.25, 0.3) is 0 Å². The van der Waals surface area contributed by atoms with Gasteiger partial charge in [0.15, 0.2) is 0 Å². The number of aliphatic hydroxyl groups is 1. The molecule has 0 rings (SSSR count). The van der Waals surface area contributed by atoms with E-state index in [0.29, 0.717) is 0 Å². The molecule has 0 amide bonds. The van der Waals surface area contributed by atoms with Crippen LogP contribution in [0.4, 0.5) is 0 Å². The van der Waals surface area contributed by atoms with Crippen LogP contribution in [0, 0.1) is 0 Å². The molecular formula is C40H56O. The molecule has 0 radical (unpaired) electrons. The lowest BCUT2D eigenvalue weighted by Crippen LogP contribution is -2.17. The molecule has 0 fully saturated rings. The lowest BCUT2D eigenvalue weighted by atomic mass is 9.99. The van der Waals surface area contributed by atoms with E-state index in [9.17, 15) is 5.11 Å². The highest BCUT2D eigenvalue weighted by atomic mass is 16.3. The van der Waals surface area contributed by atoms with Crippen LogP contribution in [0.15, 0.2) is 154 Å². The van der Waals surface area contributed by atoms with Gasteiger partial charge in [-0.2, -0.15) is 0 Å². The van der Waals surface area contributed by atoms with E-state index in [-0.39, 0.29) is 0 Å². The number of hydrogen-bond acceptors (Lipinski definition) is 1. The van der Waals surface area contributed by atoms with Crippen molar-refractivity contribution in [2.75, 3.05) is 0 Å². The van der Waals surface area contributed by atoms with Crippen LogP contribution in [-0.2, 0) is 0 Å². The molecule has 1 heteroatoms. The van der Waals surface area contributed by atoms with Gasteiger partial charge in [-0.3, -0.25) is 0 Å². The highest BCUT2D eigenvalue weighted by molar-refractivity contribution is 5.33. The molecule has 222 valence electrons. The Labute approximate surface area is 253 Å². The molecule has 0 heterocycles. The Balaban J connectivity index is 4.73. The summed E-state index contributed by atoms with van der Waals surface area (Å²) in [4.78, 5) is 0. The minimum Gasteiger partial charge on any atom is -0.390 e. The molecule has 0 spiro atoms. The first-order chi connectivity index (χ1) is 19.3. The fourth-order valence-corrected chi connectivity index (χ4v) is 3.39. The van der Waals surface area contributed by atoms with Crippen LogP contribution >= 0.6 is 0 Å². The maximum atomic E-state index is 9.81. The molecule has 0 aliphatic rings. The van der Waals surface area contributed by atoms with E-state index >= 15 is 0 Å². The molecule has 41 heavy (non-hydrogen) atoms. The summed E-state index contributed by atoms with van der Waals surface area (Å²) in [7, 11) is 0. The predicted octanol–water partition coefficient (Wildman–Crippen LogP) is 11.9. The first kappa shape index (κ1) is 37.6. The molecule has 1 N–H and O–H groups in total. The summed E-state index contributed by atoms with van der Waals surface area (Å²) in [6.07, 6.45) is 42.9. The third-order valence-corrected chi connectivity index (χ3v) is 5.87. The highest BCUT2D eigenvalue weighted by Crippen LogP contribution is 2.15. The van der Waals surface area contributed by atoms with Gasteiger partial charge in [-0.1, -0.05) is 154 Å². The van der Waals surface area contributed by atoms with E-state index in [1.165, 1.54) is 39.0 Å². The minimum absolute atomic E-state index is 0.576. The lowest BCUT2D eigenvalue weighted by Gasteiger charge is -2.16. The van der Waals surface area contributed by atoms with E-state index in [0.717, 1.165) is 19.3 Å². The number of hydrogen-bond donors (Lipinski definition) is 1. The van der Waals surface area contributed by atoms with E-state index in [1.807, 2.05) is 13.8 Å². The van der Waals surface area contributed by atoms with Gasteiger partial charge in [0, 0.05) is 0 Å². The summed E-state index contributed by atoms with van der Waals surface area (Å²) >= 11 is 0. The van der Waals surface area contributed by atoms with E-state index in [4.69, 9.17) is 0 Å². The van der Waals surface area contributed by atoms with Crippen LogP contribution in [0.2, 0.25) is 0 Å². The van der Waals surface area contributed by atoms with Crippen LogP contribution in [0.3, 0.4) is 0 Å². The zero-order chi connectivity index (χ0) is 31.1. The van der Waals surface area contributed by atoms with E-state index in [2.05, 4.69) is 171 Å². The highest BCUT2D eigenvalue weighted by Gasteiger charge is 2.10. The Morgan fingerprint density at radius 2 is 0.780 bits per heavy atom. The lowest BCUT2D eigenvalue weighted by molar-refractivity contribution is 0.0689. The molecule has 0 bridgehead atoms. The van der Waals surface area contributed by atoms with Gasteiger partial charge in [0.25, 0.3) is 0 Å². The Bertz CT molecular complexity index is 1180. The van der Waals surface area contributed by atoms with Gasteiger partial charge >= 0.3 is 0 Å². The Hall–Kier alpha value is -3.42. The van der Waals surface area contributed by atoms with E-state index in [1.54, 1.807) is 0 Å². The predicted molar refractivity (Wildman–Crippen MR) is 187 cm³/mol. The number of rotatable bonds is 16. The first-order valence-corrected chi connectivity index (χ1v) is 14.7. The van der Waals surface area contributed by atoms with Crippen molar-refractivity contribution < 1.29 is 5.11 Å². The second kappa shape index (κ2) is 22.3. The van der Waals surface area contributed by atoms with Crippen LogP contribution in [-0.4, -0.2) is 10.7 Å². The summed E-state index contributed by atoms with van der Waals surface area (Å²) in [5.41, 5.74) is 8.08. The van der Waals surface area contributed by atoms with Gasteiger partial charge in [0.1, 0.15) is 0 Å². The van der Waals surface area contributed by atoms with Crippen LogP contribution < -0.4 is 0 Å².